The predicted molar refractivity (Wildman–Crippen MR) is 84.4 cm³/mol. The number of hydrogen-bond acceptors (Lipinski definition) is 4. The molecule has 114 valence electrons. The average molecular weight is 365 g/mol. The fourth-order valence-electron chi connectivity index (χ4n) is 1.90. The van der Waals surface area contributed by atoms with Gasteiger partial charge in [0, 0.05) is 23.2 Å². The summed E-state index contributed by atoms with van der Waals surface area (Å²) in [6, 6.07) is 2.91. The summed E-state index contributed by atoms with van der Waals surface area (Å²) in [5.41, 5.74) is 6.15. The molecule has 1 aromatic carbocycles. The van der Waals surface area contributed by atoms with Crippen LogP contribution in [0.1, 0.15) is 26.7 Å². The minimum atomic E-state index is -3.63. The zero-order valence-electron chi connectivity index (χ0n) is 12.2. The van der Waals surface area contributed by atoms with Crippen molar-refractivity contribution in [3.8, 4) is 5.75 Å². The lowest BCUT2D eigenvalue weighted by atomic mass is 10.2. The van der Waals surface area contributed by atoms with Gasteiger partial charge in [-0.1, -0.05) is 13.3 Å². The maximum absolute atomic E-state index is 12.7. The van der Waals surface area contributed by atoms with Crippen LogP contribution in [0, 0.1) is 0 Å². The summed E-state index contributed by atoms with van der Waals surface area (Å²) >= 11 is 3.27. The summed E-state index contributed by atoms with van der Waals surface area (Å²) in [7, 11) is -0.621. The van der Waals surface area contributed by atoms with E-state index in [0.29, 0.717) is 10.2 Å². The third-order valence-electron chi connectivity index (χ3n) is 3.27. The van der Waals surface area contributed by atoms with E-state index in [2.05, 4.69) is 15.9 Å². The van der Waals surface area contributed by atoms with Gasteiger partial charge in [-0.25, -0.2) is 8.42 Å². The van der Waals surface area contributed by atoms with Crippen LogP contribution in [0.15, 0.2) is 21.5 Å². The summed E-state index contributed by atoms with van der Waals surface area (Å²) < 4.78 is 32.5. The van der Waals surface area contributed by atoms with E-state index < -0.39 is 10.0 Å². The second-order valence-electron chi connectivity index (χ2n) is 4.68. The zero-order chi connectivity index (χ0) is 15.5. The van der Waals surface area contributed by atoms with Gasteiger partial charge in [-0.15, -0.1) is 0 Å². The molecular formula is C13H21BrN2O3S. The molecule has 0 bridgehead atoms. The van der Waals surface area contributed by atoms with Crippen LogP contribution >= 0.6 is 15.9 Å². The highest BCUT2D eigenvalue weighted by Gasteiger charge is 2.28. The number of benzene rings is 1. The van der Waals surface area contributed by atoms with E-state index in [-0.39, 0.29) is 16.7 Å². The molecule has 1 unspecified atom stereocenters. The summed E-state index contributed by atoms with van der Waals surface area (Å²) in [6.07, 6.45) is 1.71. The number of halogens is 1. The molecule has 0 spiro atoms. The molecule has 0 saturated carbocycles. The molecule has 20 heavy (non-hydrogen) atoms. The van der Waals surface area contributed by atoms with E-state index in [1.165, 1.54) is 17.5 Å². The normalized spacial score (nSPS) is 13.5. The fourth-order valence-corrected chi connectivity index (χ4v) is 3.79. The van der Waals surface area contributed by atoms with Crippen LogP contribution in [-0.2, 0) is 10.0 Å². The van der Waals surface area contributed by atoms with Crippen molar-refractivity contribution in [1.82, 2.24) is 4.31 Å². The standard InChI is InChI=1S/C13H21BrN2O3S/c1-5-6-9(2)16(3)20(17,18)13-8-11(15)10(14)7-12(13)19-4/h7-9H,5-6,15H2,1-4H3. The van der Waals surface area contributed by atoms with Crippen LogP contribution < -0.4 is 10.5 Å². The van der Waals surface area contributed by atoms with Crippen molar-refractivity contribution in [3.63, 3.8) is 0 Å². The van der Waals surface area contributed by atoms with Crippen molar-refractivity contribution >= 4 is 31.6 Å². The van der Waals surface area contributed by atoms with Crippen LogP contribution in [0.25, 0.3) is 0 Å². The Bertz CT molecular complexity index is 575. The van der Waals surface area contributed by atoms with Gasteiger partial charge in [0.25, 0.3) is 0 Å². The molecule has 0 aliphatic heterocycles. The largest absolute Gasteiger partial charge is 0.495 e. The molecule has 5 nitrogen and oxygen atoms in total. The van der Waals surface area contributed by atoms with Gasteiger partial charge in [0.05, 0.1) is 7.11 Å². The summed E-state index contributed by atoms with van der Waals surface area (Å²) in [5, 5.41) is 0. The highest BCUT2D eigenvalue weighted by Crippen LogP contribution is 2.34. The smallest absolute Gasteiger partial charge is 0.246 e. The lowest BCUT2D eigenvalue weighted by Crippen LogP contribution is -2.35. The number of nitrogens with two attached hydrogens (primary N) is 1. The molecule has 0 aromatic heterocycles. The van der Waals surface area contributed by atoms with Crippen LogP contribution in [0.3, 0.4) is 0 Å². The number of methoxy groups -OCH3 is 1. The first kappa shape index (κ1) is 17.3. The minimum absolute atomic E-state index is 0.0837. The number of anilines is 1. The molecule has 0 heterocycles. The molecular weight excluding hydrogens is 344 g/mol. The lowest BCUT2D eigenvalue weighted by molar-refractivity contribution is 0.362. The van der Waals surface area contributed by atoms with E-state index in [1.807, 2.05) is 13.8 Å². The van der Waals surface area contributed by atoms with Gasteiger partial charge in [-0.05, 0) is 41.4 Å². The summed E-state index contributed by atoms with van der Waals surface area (Å²) in [4.78, 5) is 0.0890. The maximum Gasteiger partial charge on any atom is 0.246 e. The van der Waals surface area contributed by atoms with Crippen molar-refractivity contribution < 1.29 is 13.2 Å². The topological polar surface area (TPSA) is 72.6 Å². The van der Waals surface area contributed by atoms with Crippen LogP contribution in [0.4, 0.5) is 5.69 Å². The Labute approximate surface area is 129 Å². The van der Waals surface area contributed by atoms with Crippen molar-refractivity contribution in [3.05, 3.63) is 16.6 Å². The number of nitrogen functional groups attached to an aromatic ring is 1. The number of hydrogen-bond donors (Lipinski definition) is 1. The van der Waals surface area contributed by atoms with Crippen LogP contribution in [-0.4, -0.2) is 32.9 Å². The first-order valence-electron chi connectivity index (χ1n) is 6.36. The molecule has 0 amide bonds. The second-order valence-corrected chi connectivity index (χ2v) is 7.50. The van der Waals surface area contributed by atoms with E-state index >= 15 is 0 Å². The Morgan fingerprint density at radius 1 is 1.45 bits per heavy atom. The molecule has 0 aliphatic carbocycles. The third kappa shape index (κ3) is 3.45. The number of ether oxygens (including phenoxy) is 1. The first-order chi connectivity index (χ1) is 9.25. The van der Waals surface area contributed by atoms with Crippen molar-refractivity contribution in [2.24, 2.45) is 0 Å². The third-order valence-corrected chi connectivity index (χ3v) is 5.95. The van der Waals surface area contributed by atoms with Gasteiger partial charge in [-0.2, -0.15) is 4.31 Å². The Morgan fingerprint density at radius 3 is 2.55 bits per heavy atom. The predicted octanol–water partition coefficient (Wildman–Crippen LogP) is 2.85. The van der Waals surface area contributed by atoms with E-state index in [1.54, 1.807) is 13.1 Å². The lowest BCUT2D eigenvalue weighted by Gasteiger charge is -2.25. The number of sulfonamides is 1. The fraction of sp³-hybridized carbons (Fsp3) is 0.538. The van der Waals surface area contributed by atoms with Gasteiger partial charge < -0.3 is 10.5 Å². The Hall–Kier alpha value is -0.790. The Kier molecular flexibility index (Phi) is 5.85. The number of rotatable bonds is 6. The minimum Gasteiger partial charge on any atom is -0.495 e. The maximum atomic E-state index is 12.7. The summed E-state index contributed by atoms with van der Waals surface area (Å²) in [6.45, 7) is 3.91. The highest BCUT2D eigenvalue weighted by atomic mass is 79.9. The molecule has 0 saturated heterocycles. The SMILES string of the molecule is CCCC(C)N(C)S(=O)(=O)c1cc(N)c(Br)cc1OC. The van der Waals surface area contributed by atoms with E-state index in [0.717, 1.165) is 12.8 Å². The van der Waals surface area contributed by atoms with Gasteiger partial charge in [0.1, 0.15) is 10.6 Å². The van der Waals surface area contributed by atoms with Gasteiger partial charge >= 0.3 is 0 Å². The molecule has 1 aromatic rings. The Balaban J connectivity index is 3.31. The van der Waals surface area contributed by atoms with Gasteiger partial charge in [0.2, 0.25) is 10.0 Å². The molecule has 1 rings (SSSR count). The average Bonchev–Trinajstić information content (AvgIpc) is 2.40. The quantitative estimate of drug-likeness (QED) is 0.787. The molecule has 0 aliphatic rings. The second kappa shape index (κ2) is 6.78. The zero-order valence-corrected chi connectivity index (χ0v) is 14.6. The van der Waals surface area contributed by atoms with Crippen LogP contribution in [0.2, 0.25) is 0 Å². The first-order valence-corrected chi connectivity index (χ1v) is 8.60. The molecule has 0 radical (unpaired) electrons. The van der Waals surface area contributed by atoms with Crippen molar-refractivity contribution in [1.29, 1.82) is 0 Å². The Morgan fingerprint density at radius 2 is 2.05 bits per heavy atom. The molecule has 1 atom stereocenters. The van der Waals surface area contributed by atoms with E-state index in [9.17, 15) is 8.42 Å². The van der Waals surface area contributed by atoms with Gasteiger partial charge in [0.15, 0.2) is 0 Å². The monoisotopic (exact) mass is 364 g/mol. The molecule has 2 N–H and O–H groups in total. The number of nitrogens with zero attached hydrogens (tertiary/aromatic N) is 1. The molecule has 0 fully saturated rings. The van der Waals surface area contributed by atoms with E-state index in [4.69, 9.17) is 10.5 Å². The van der Waals surface area contributed by atoms with Gasteiger partial charge in [-0.3, -0.25) is 0 Å². The molecule has 7 heteroatoms. The van der Waals surface area contributed by atoms with Crippen molar-refractivity contribution in [2.75, 3.05) is 19.9 Å². The highest BCUT2D eigenvalue weighted by molar-refractivity contribution is 9.10. The summed E-state index contributed by atoms with van der Waals surface area (Å²) in [5.74, 6) is 0.279. The van der Waals surface area contributed by atoms with Crippen molar-refractivity contribution in [2.45, 2.75) is 37.6 Å². The van der Waals surface area contributed by atoms with Crippen LogP contribution in [0.5, 0.6) is 5.75 Å².